The van der Waals surface area contributed by atoms with E-state index in [1.165, 1.54) is 12.1 Å². The average Bonchev–Trinajstić information content (AvgIpc) is 2.33. The molecule has 0 heterocycles. The molecular weight excluding hydrogens is 247 g/mol. The zero-order valence-electron chi connectivity index (χ0n) is 11.6. The molecule has 0 spiro atoms. The standard InChI is InChI=1S/C14H21FN2O2/c1-10-7-12(15)9-13(8-10)17-11(2)14(18)16-5-4-6-19-3/h7-9,11,17H,4-6H2,1-3H3,(H,16,18). The zero-order chi connectivity index (χ0) is 14.3. The van der Waals surface area contributed by atoms with Crippen LogP contribution in [-0.2, 0) is 9.53 Å². The van der Waals surface area contributed by atoms with E-state index in [1.807, 2.05) is 6.92 Å². The molecule has 2 N–H and O–H groups in total. The summed E-state index contributed by atoms with van der Waals surface area (Å²) in [7, 11) is 1.62. The van der Waals surface area contributed by atoms with Crippen molar-refractivity contribution in [2.24, 2.45) is 0 Å². The van der Waals surface area contributed by atoms with Crippen LogP contribution in [0, 0.1) is 12.7 Å². The summed E-state index contributed by atoms with van der Waals surface area (Å²) in [5.74, 6) is -0.423. The summed E-state index contributed by atoms with van der Waals surface area (Å²) < 4.78 is 18.1. The molecule has 0 radical (unpaired) electrons. The Bertz CT molecular complexity index is 404. The number of benzene rings is 1. The minimum atomic E-state index is -0.413. The number of hydrogen-bond acceptors (Lipinski definition) is 3. The van der Waals surface area contributed by atoms with Gasteiger partial charge in [-0.1, -0.05) is 0 Å². The zero-order valence-corrected chi connectivity index (χ0v) is 11.6. The maximum Gasteiger partial charge on any atom is 0.242 e. The van der Waals surface area contributed by atoms with Crippen LogP contribution in [0.1, 0.15) is 18.9 Å². The van der Waals surface area contributed by atoms with E-state index in [4.69, 9.17) is 4.74 Å². The topological polar surface area (TPSA) is 50.4 Å². The Morgan fingerprint density at radius 1 is 1.42 bits per heavy atom. The number of halogens is 1. The first kappa shape index (κ1) is 15.4. The second-order valence-corrected chi connectivity index (χ2v) is 4.52. The van der Waals surface area contributed by atoms with E-state index < -0.39 is 6.04 Å². The number of amides is 1. The molecule has 0 fully saturated rings. The van der Waals surface area contributed by atoms with Crippen molar-refractivity contribution in [3.8, 4) is 0 Å². The molecule has 1 aromatic carbocycles. The van der Waals surface area contributed by atoms with Gasteiger partial charge in [-0.25, -0.2) is 4.39 Å². The van der Waals surface area contributed by atoms with Crippen LogP contribution in [0.5, 0.6) is 0 Å². The normalized spacial score (nSPS) is 12.0. The molecule has 0 bridgehead atoms. The Hall–Kier alpha value is -1.62. The molecule has 1 unspecified atom stereocenters. The summed E-state index contributed by atoms with van der Waals surface area (Å²) in [4.78, 5) is 11.8. The van der Waals surface area contributed by atoms with Gasteiger partial charge in [0, 0.05) is 25.9 Å². The van der Waals surface area contributed by atoms with Crippen molar-refractivity contribution in [3.05, 3.63) is 29.6 Å². The van der Waals surface area contributed by atoms with Crippen molar-refractivity contribution in [3.63, 3.8) is 0 Å². The van der Waals surface area contributed by atoms with Crippen LogP contribution in [0.15, 0.2) is 18.2 Å². The fourth-order valence-electron chi connectivity index (χ4n) is 1.72. The molecule has 1 amide bonds. The van der Waals surface area contributed by atoms with E-state index in [1.54, 1.807) is 20.1 Å². The van der Waals surface area contributed by atoms with Gasteiger partial charge in [-0.15, -0.1) is 0 Å². The fourth-order valence-corrected chi connectivity index (χ4v) is 1.72. The molecule has 0 saturated carbocycles. The average molecular weight is 268 g/mol. The molecule has 0 aromatic heterocycles. The van der Waals surface area contributed by atoms with Crippen molar-refractivity contribution in [1.29, 1.82) is 0 Å². The molecular formula is C14H21FN2O2. The molecule has 1 atom stereocenters. The first-order valence-electron chi connectivity index (χ1n) is 6.33. The van der Waals surface area contributed by atoms with Gasteiger partial charge in [0.15, 0.2) is 0 Å². The quantitative estimate of drug-likeness (QED) is 0.744. The van der Waals surface area contributed by atoms with E-state index in [9.17, 15) is 9.18 Å². The summed E-state index contributed by atoms with van der Waals surface area (Å²) in [6, 6.07) is 4.21. The summed E-state index contributed by atoms with van der Waals surface area (Å²) >= 11 is 0. The summed E-state index contributed by atoms with van der Waals surface area (Å²) in [6.45, 7) is 4.74. The molecule has 0 aliphatic rings. The maximum atomic E-state index is 13.2. The van der Waals surface area contributed by atoms with Crippen molar-refractivity contribution in [1.82, 2.24) is 5.32 Å². The molecule has 5 heteroatoms. The van der Waals surface area contributed by atoms with Crippen LogP contribution in [0.2, 0.25) is 0 Å². The van der Waals surface area contributed by atoms with Crippen LogP contribution in [0.4, 0.5) is 10.1 Å². The minimum absolute atomic E-state index is 0.113. The van der Waals surface area contributed by atoms with Gasteiger partial charge in [0.25, 0.3) is 0 Å². The number of rotatable bonds is 7. The molecule has 0 aliphatic carbocycles. The Balaban J connectivity index is 2.44. The van der Waals surface area contributed by atoms with Crippen LogP contribution in [0.3, 0.4) is 0 Å². The first-order chi connectivity index (χ1) is 9.02. The van der Waals surface area contributed by atoms with Gasteiger partial charge >= 0.3 is 0 Å². The lowest BCUT2D eigenvalue weighted by atomic mass is 10.2. The number of carbonyl (C=O) groups excluding carboxylic acids is 1. The molecule has 0 saturated heterocycles. The number of nitrogens with one attached hydrogen (secondary N) is 2. The number of carbonyl (C=O) groups is 1. The number of ether oxygens (including phenoxy) is 1. The number of hydrogen-bond donors (Lipinski definition) is 2. The van der Waals surface area contributed by atoms with Gasteiger partial charge in [-0.05, 0) is 44.0 Å². The van der Waals surface area contributed by atoms with Crippen molar-refractivity contribution < 1.29 is 13.9 Å². The second kappa shape index (κ2) is 7.74. The van der Waals surface area contributed by atoms with E-state index in [0.717, 1.165) is 12.0 Å². The highest BCUT2D eigenvalue weighted by Gasteiger charge is 2.12. The number of aryl methyl sites for hydroxylation is 1. The van der Waals surface area contributed by atoms with E-state index in [2.05, 4.69) is 10.6 Å². The van der Waals surface area contributed by atoms with Crippen molar-refractivity contribution >= 4 is 11.6 Å². The molecule has 106 valence electrons. The SMILES string of the molecule is COCCCNC(=O)C(C)Nc1cc(C)cc(F)c1. The van der Waals surface area contributed by atoms with Crippen LogP contribution >= 0.6 is 0 Å². The molecule has 0 aliphatic heterocycles. The summed E-state index contributed by atoms with van der Waals surface area (Å²) in [5.41, 5.74) is 1.42. The maximum absolute atomic E-state index is 13.2. The lowest BCUT2D eigenvalue weighted by Crippen LogP contribution is -2.38. The van der Waals surface area contributed by atoms with Crippen LogP contribution in [-0.4, -0.2) is 32.2 Å². The molecule has 1 aromatic rings. The van der Waals surface area contributed by atoms with Gasteiger partial charge in [0.2, 0.25) is 5.91 Å². The largest absolute Gasteiger partial charge is 0.385 e. The van der Waals surface area contributed by atoms with Gasteiger partial charge in [0.1, 0.15) is 11.9 Å². The van der Waals surface area contributed by atoms with Gasteiger partial charge in [0.05, 0.1) is 0 Å². The smallest absolute Gasteiger partial charge is 0.242 e. The van der Waals surface area contributed by atoms with Gasteiger partial charge < -0.3 is 15.4 Å². The lowest BCUT2D eigenvalue weighted by molar-refractivity contribution is -0.121. The van der Waals surface area contributed by atoms with Gasteiger partial charge in [-0.3, -0.25) is 4.79 Å². The van der Waals surface area contributed by atoms with E-state index >= 15 is 0 Å². The second-order valence-electron chi connectivity index (χ2n) is 4.52. The Morgan fingerprint density at radius 3 is 2.79 bits per heavy atom. The molecule has 4 nitrogen and oxygen atoms in total. The first-order valence-corrected chi connectivity index (χ1v) is 6.33. The highest BCUT2D eigenvalue weighted by Crippen LogP contribution is 2.14. The third-order valence-corrected chi connectivity index (χ3v) is 2.64. The summed E-state index contributed by atoms with van der Waals surface area (Å²) in [6.07, 6.45) is 0.772. The Morgan fingerprint density at radius 2 is 2.16 bits per heavy atom. The third-order valence-electron chi connectivity index (χ3n) is 2.64. The Labute approximate surface area is 113 Å². The monoisotopic (exact) mass is 268 g/mol. The van der Waals surface area contributed by atoms with Crippen molar-refractivity contribution in [2.75, 3.05) is 25.6 Å². The lowest BCUT2D eigenvalue weighted by Gasteiger charge is -2.15. The van der Waals surface area contributed by atoms with E-state index in [0.29, 0.717) is 18.8 Å². The highest BCUT2D eigenvalue weighted by molar-refractivity contribution is 5.84. The fraction of sp³-hybridized carbons (Fsp3) is 0.500. The predicted octanol–water partition coefficient (Wildman–Crippen LogP) is 2.09. The predicted molar refractivity (Wildman–Crippen MR) is 73.7 cm³/mol. The molecule has 1 rings (SSSR count). The third kappa shape index (κ3) is 5.70. The molecule has 19 heavy (non-hydrogen) atoms. The minimum Gasteiger partial charge on any atom is -0.385 e. The summed E-state index contributed by atoms with van der Waals surface area (Å²) in [5, 5.41) is 5.77. The number of anilines is 1. The highest BCUT2D eigenvalue weighted by atomic mass is 19.1. The van der Waals surface area contributed by atoms with Gasteiger partial charge in [-0.2, -0.15) is 0 Å². The van der Waals surface area contributed by atoms with Crippen LogP contribution < -0.4 is 10.6 Å². The van der Waals surface area contributed by atoms with Crippen molar-refractivity contribution in [2.45, 2.75) is 26.3 Å². The Kier molecular flexibility index (Phi) is 6.29. The van der Waals surface area contributed by atoms with Crippen LogP contribution in [0.25, 0.3) is 0 Å². The number of methoxy groups -OCH3 is 1. The van der Waals surface area contributed by atoms with E-state index in [-0.39, 0.29) is 11.7 Å².